The molecule has 0 saturated carbocycles. The molecular formula is C22H21N5O5S2. The Bertz CT molecular complexity index is 1330. The predicted molar refractivity (Wildman–Crippen MR) is 131 cm³/mol. The highest BCUT2D eigenvalue weighted by molar-refractivity contribution is 7.94. The number of carbonyl (C=O) groups is 1. The number of hydrogen-bond acceptors (Lipinski definition) is 8. The second-order valence-electron chi connectivity index (χ2n) is 7.48. The lowest BCUT2D eigenvalue weighted by Gasteiger charge is -2.17. The zero-order valence-electron chi connectivity index (χ0n) is 17.9. The Balaban J connectivity index is 1.49. The maximum atomic E-state index is 12.7. The Labute approximate surface area is 200 Å². The summed E-state index contributed by atoms with van der Waals surface area (Å²) in [5.74, 6) is -0.635. The molecule has 0 spiro atoms. The van der Waals surface area contributed by atoms with Crippen LogP contribution in [0.2, 0.25) is 0 Å². The van der Waals surface area contributed by atoms with Crippen LogP contribution < -0.4 is 15.0 Å². The summed E-state index contributed by atoms with van der Waals surface area (Å²) < 4.78 is 27.6. The second-order valence-corrected chi connectivity index (χ2v) is 10.3. The van der Waals surface area contributed by atoms with Crippen molar-refractivity contribution in [3.8, 4) is 0 Å². The number of nitrogens with zero attached hydrogens (tertiary/aromatic N) is 3. The van der Waals surface area contributed by atoms with E-state index in [-0.39, 0.29) is 21.1 Å². The van der Waals surface area contributed by atoms with E-state index in [1.807, 2.05) is 4.90 Å². The molecule has 1 aliphatic rings. The molecular weight excluding hydrogens is 478 g/mol. The molecule has 0 radical (unpaired) electrons. The average molecular weight is 500 g/mol. The summed E-state index contributed by atoms with van der Waals surface area (Å²) in [6.45, 7) is 1.56. The maximum absolute atomic E-state index is 12.7. The number of hydrogen-bond donors (Lipinski definition) is 2. The summed E-state index contributed by atoms with van der Waals surface area (Å²) >= 11 is 1.06. The number of nitro benzene ring substituents is 1. The molecule has 2 heterocycles. The Morgan fingerprint density at radius 3 is 2.59 bits per heavy atom. The fraction of sp³-hybridized carbons (Fsp3) is 0.182. The summed E-state index contributed by atoms with van der Waals surface area (Å²) in [4.78, 5) is 25.8. The summed E-state index contributed by atoms with van der Waals surface area (Å²) in [5.41, 5.74) is 3.52. The van der Waals surface area contributed by atoms with Gasteiger partial charge in [-0.05, 0) is 42.5 Å². The van der Waals surface area contributed by atoms with Crippen LogP contribution in [-0.4, -0.2) is 38.6 Å². The van der Waals surface area contributed by atoms with Crippen LogP contribution in [0.3, 0.4) is 0 Å². The van der Waals surface area contributed by atoms with Crippen LogP contribution in [0.4, 0.5) is 17.1 Å². The SMILES string of the molecule is O=C(NN=Cc1ccc(N2CCCC2)c([N+](=O)[O-])c1)c1ccccc1NS(=O)(=O)c1cccs1. The van der Waals surface area contributed by atoms with Gasteiger partial charge in [0.1, 0.15) is 9.90 Å². The van der Waals surface area contributed by atoms with Crippen molar-refractivity contribution in [1.29, 1.82) is 0 Å². The van der Waals surface area contributed by atoms with Crippen LogP contribution in [0, 0.1) is 10.1 Å². The third-order valence-electron chi connectivity index (χ3n) is 5.20. The molecule has 1 aromatic heterocycles. The average Bonchev–Trinajstić information content (AvgIpc) is 3.54. The molecule has 3 aromatic rings. The van der Waals surface area contributed by atoms with Crippen molar-refractivity contribution in [3.63, 3.8) is 0 Å². The van der Waals surface area contributed by atoms with Crippen LogP contribution in [-0.2, 0) is 10.0 Å². The monoisotopic (exact) mass is 499 g/mol. The third-order valence-corrected chi connectivity index (χ3v) is 7.96. The number of sulfonamides is 1. The van der Waals surface area contributed by atoms with Crippen molar-refractivity contribution in [2.45, 2.75) is 17.1 Å². The molecule has 0 atom stereocenters. The molecule has 34 heavy (non-hydrogen) atoms. The lowest BCUT2D eigenvalue weighted by atomic mass is 10.1. The van der Waals surface area contributed by atoms with Gasteiger partial charge < -0.3 is 4.90 Å². The molecule has 0 bridgehead atoms. The van der Waals surface area contributed by atoms with E-state index < -0.39 is 20.9 Å². The smallest absolute Gasteiger partial charge is 0.293 e. The van der Waals surface area contributed by atoms with Crippen molar-refractivity contribution in [2.24, 2.45) is 5.10 Å². The van der Waals surface area contributed by atoms with Crippen LogP contribution in [0.1, 0.15) is 28.8 Å². The fourth-order valence-corrected chi connectivity index (χ4v) is 5.67. The Hall–Kier alpha value is -3.77. The van der Waals surface area contributed by atoms with Crippen LogP contribution in [0.5, 0.6) is 0 Å². The number of para-hydroxylation sites is 1. The molecule has 1 aliphatic heterocycles. The lowest BCUT2D eigenvalue weighted by molar-refractivity contribution is -0.384. The minimum Gasteiger partial charge on any atom is -0.366 e. The van der Waals surface area contributed by atoms with E-state index in [0.717, 1.165) is 37.3 Å². The van der Waals surface area contributed by atoms with Gasteiger partial charge in [0, 0.05) is 24.7 Å². The van der Waals surface area contributed by atoms with Crippen molar-refractivity contribution in [1.82, 2.24) is 5.43 Å². The van der Waals surface area contributed by atoms with Crippen LogP contribution in [0.25, 0.3) is 0 Å². The first-order valence-electron chi connectivity index (χ1n) is 10.4. The van der Waals surface area contributed by atoms with Gasteiger partial charge in [-0.3, -0.25) is 19.6 Å². The standard InChI is InChI=1S/C22H21N5O5S2/c28-22(17-6-1-2-7-18(17)25-34(31,32)21-8-5-13-33-21)24-23-15-16-9-10-19(20(14-16)27(29)30)26-11-3-4-12-26/h1-2,5-10,13-15,25H,3-4,11-12H2,(H,24,28). The van der Waals surface area contributed by atoms with Crippen LogP contribution >= 0.6 is 11.3 Å². The van der Waals surface area contributed by atoms with Gasteiger partial charge in [-0.2, -0.15) is 5.10 Å². The number of nitrogens with one attached hydrogen (secondary N) is 2. The zero-order chi connectivity index (χ0) is 24.1. The summed E-state index contributed by atoms with van der Waals surface area (Å²) in [7, 11) is -3.83. The molecule has 0 aliphatic carbocycles. The molecule has 1 fully saturated rings. The largest absolute Gasteiger partial charge is 0.366 e. The Morgan fingerprint density at radius 2 is 1.88 bits per heavy atom. The van der Waals surface area contributed by atoms with E-state index in [9.17, 15) is 23.3 Å². The first-order chi connectivity index (χ1) is 16.3. The minimum atomic E-state index is -3.83. The zero-order valence-corrected chi connectivity index (χ0v) is 19.5. The van der Waals surface area contributed by atoms with Gasteiger partial charge in [0.25, 0.3) is 21.6 Å². The Morgan fingerprint density at radius 1 is 1.12 bits per heavy atom. The minimum absolute atomic E-state index is 0.0227. The van der Waals surface area contributed by atoms with Gasteiger partial charge >= 0.3 is 0 Å². The third kappa shape index (κ3) is 5.24. The summed E-state index contributed by atoms with van der Waals surface area (Å²) in [5, 5.41) is 17.1. The molecule has 1 saturated heterocycles. The van der Waals surface area contributed by atoms with Crippen molar-refractivity contribution >= 4 is 50.5 Å². The summed E-state index contributed by atoms with van der Waals surface area (Å²) in [6.07, 6.45) is 3.30. The van der Waals surface area contributed by atoms with E-state index in [1.165, 1.54) is 30.5 Å². The van der Waals surface area contributed by atoms with Gasteiger partial charge in [0.15, 0.2) is 0 Å². The van der Waals surface area contributed by atoms with Crippen molar-refractivity contribution in [2.75, 3.05) is 22.7 Å². The molecule has 12 heteroatoms. The van der Waals surface area contributed by atoms with E-state index in [1.54, 1.807) is 35.7 Å². The summed E-state index contributed by atoms with van der Waals surface area (Å²) in [6, 6.07) is 14.0. The van der Waals surface area contributed by atoms with E-state index in [4.69, 9.17) is 0 Å². The highest BCUT2D eigenvalue weighted by Gasteiger charge is 2.22. The molecule has 0 unspecified atom stereocenters. The topological polar surface area (TPSA) is 134 Å². The van der Waals surface area contributed by atoms with Crippen molar-refractivity contribution in [3.05, 3.63) is 81.2 Å². The van der Waals surface area contributed by atoms with Gasteiger partial charge in [0.2, 0.25) is 0 Å². The first-order valence-corrected chi connectivity index (χ1v) is 12.7. The van der Waals surface area contributed by atoms with Crippen molar-refractivity contribution < 1.29 is 18.1 Å². The van der Waals surface area contributed by atoms with E-state index in [0.29, 0.717) is 11.3 Å². The fourth-order valence-electron chi connectivity index (χ4n) is 3.60. The Kier molecular flexibility index (Phi) is 6.89. The quantitative estimate of drug-likeness (QED) is 0.275. The number of rotatable bonds is 8. The highest BCUT2D eigenvalue weighted by atomic mass is 32.2. The number of anilines is 2. The first kappa shape index (κ1) is 23.4. The molecule has 10 nitrogen and oxygen atoms in total. The normalized spacial score (nSPS) is 13.8. The molecule has 1 amide bonds. The number of amides is 1. The van der Waals surface area contributed by atoms with Gasteiger partial charge in [-0.25, -0.2) is 13.8 Å². The van der Waals surface area contributed by atoms with Gasteiger partial charge in [0.05, 0.1) is 22.4 Å². The van der Waals surface area contributed by atoms with E-state index >= 15 is 0 Å². The highest BCUT2D eigenvalue weighted by Crippen LogP contribution is 2.31. The number of nitro groups is 1. The number of hydrazone groups is 1. The van der Waals surface area contributed by atoms with Crippen LogP contribution in [0.15, 0.2) is 69.3 Å². The molecule has 2 N–H and O–H groups in total. The van der Waals surface area contributed by atoms with Gasteiger partial charge in [-0.1, -0.05) is 24.3 Å². The molecule has 4 rings (SSSR count). The molecule has 176 valence electrons. The van der Waals surface area contributed by atoms with E-state index in [2.05, 4.69) is 15.2 Å². The molecule has 2 aromatic carbocycles. The number of carbonyl (C=O) groups excluding carboxylic acids is 1. The predicted octanol–water partition coefficient (Wildman–Crippen LogP) is 3.82. The lowest BCUT2D eigenvalue weighted by Crippen LogP contribution is -2.21. The maximum Gasteiger partial charge on any atom is 0.293 e. The number of thiophene rings is 1. The van der Waals surface area contributed by atoms with Gasteiger partial charge in [-0.15, -0.1) is 11.3 Å². The second kappa shape index (κ2) is 10.0. The number of benzene rings is 2.